The summed E-state index contributed by atoms with van der Waals surface area (Å²) in [6, 6.07) is 2.55. The lowest BCUT2D eigenvalue weighted by molar-refractivity contribution is -0.127. The molecule has 0 aliphatic carbocycles. The highest BCUT2D eigenvalue weighted by Gasteiger charge is 2.45. The Hall–Kier alpha value is -4.20. The number of aromatic carboxylic acids is 1. The maximum absolute atomic E-state index is 14.8. The van der Waals surface area contributed by atoms with E-state index in [2.05, 4.69) is 5.32 Å². The molecular weight excluding hydrogens is 483 g/mol. The number of carboxylic acids is 1. The van der Waals surface area contributed by atoms with Crippen molar-refractivity contribution < 1.29 is 47.9 Å². The van der Waals surface area contributed by atoms with Crippen molar-refractivity contribution in [1.82, 2.24) is 15.1 Å². The van der Waals surface area contributed by atoms with E-state index in [-0.39, 0.29) is 30.8 Å². The van der Waals surface area contributed by atoms with Crippen LogP contribution >= 0.6 is 0 Å². The van der Waals surface area contributed by atoms with Crippen LogP contribution in [0.25, 0.3) is 0 Å². The van der Waals surface area contributed by atoms with Gasteiger partial charge in [-0.2, -0.15) is 0 Å². The second-order valence-electron chi connectivity index (χ2n) is 8.30. The zero-order valence-corrected chi connectivity index (χ0v) is 18.8. The Morgan fingerprint density at radius 1 is 1.19 bits per heavy atom. The zero-order chi connectivity index (χ0) is 26.3. The molecule has 0 aromatic heterocycles. The average molecular weight is 503 g/mol. The lowest BCUT2D eigenvalue weighted by Gasteiger charge is -2.32. The van der Waals surface area contributed by atoms with Crippen molar-refractivity contribution in [3.8, 4) is 11.5 Å². The number of amides is 4. The molecule has 0 bridgehead atoms. The van der Waals surface area contributed by atoms with Crippen LogP contribution in [0.4, 0.5) is 13.6 Å². The van der Waals surface area contributed by atoms with E-state index in [1.54, 1.807) is 0 Å². The van der Waals surface area contributed by atoms with Crippen LogP contribution < -0.4 is 9.97 Å². The van der Waals surface area contributed by atoms with Gasteiger partial charge < -0.3 is 30.1 Å². The number of rotatable bonds is 5. The fourth-order valence-electron chi connectivity index (χ4n) is 4.32. The molecule has 2 aromatic carbocycles. The molecule has 4 N–H and O–H groups in total. The third-order valence-corrected chi connectivity index (χ3v) is 6.00. The first-order chi connectivity index (χ1) is 17.0. The molecule has 2 aliphatic rings. The molecule has 4 amide bonds. The summed E-state index contributed by atoms with van der Waals surface area (Å²) in [5, 5.41) is 31.7. The van der Waals surface area contributed by atoms with Gasteiger partial charge in [0.1, 0.15) is 29.2 Å². The summed E-state index contributed by atoms with van der Waals surface area (Å²) in [5.41, 5.74) is -0.692. The standard InChI is InChI=1S/C22H20BF2N3O8/c1-10(29)27-5-6-28(22(27)34)18(17-14(24)8-12(30)9-15(17)25)20(31)26-16-7-11-3-2-4-13(21(32)33)19(11)36-23(16)35/h2-4,8-9,16,18,30,35H,5-7H2,1H3,(H,26,31)(H,32,33)/t16-,18-/m0/s1. The minimum Gasteiger partial charge on any atom is -0.534 e. The predicted molar refractivity (Wildman–Crippen MR) is 118 cm³/mol. The third kappa shape index (κ3) is 4.42. The number of fused-ring (bicyclic) bond motifs is 1. The molecule has 4 rings (SSSR count). The minimum atomic E-state index is -1.90. The number of imide groups is 1. The van der Waals surface area contributed by atoms with E-state index >= 15 is 0 Å². The maximum Gasteiger partial charge on any atom is 0.547 e. The fraction of sp³-hybridized carbons (Fsp3) is 0.273. The van der Waals surface area contributed by atoms with Crippen molar-refractivity contribution in [2.75, 3.05) is 13.1 Å². The van der Waals surface area contributed by atoms with Crippen LogP contribution in [0.1, 0.15) is 34.5 Å². The molecular formula is C22H20BF2N3O8. The van der Waals surface area contributed by atoms with E-state index in [0.717, 1.165) is 16.7 Å². The van der Waals surface area contributed by atoms with Gasteiger partial charge in [0.05, 0.1) is 17.1 Å². The van der Waals surface area contributed by atoms with E-state index in [9.17, 15) is 43.2 Å². The summed E-state index contributed by atoms with van der Waals surface area (Å²) < 4.78 is 34.9. The topological polar surface area (TPSA) is 157 Å². The summed E-state index contributed by atoms with van der Waals surface area (Å²) in [6.45, 7) is 0.779. The first-order valence-corrected chi connectivity index (χ1v) is 10.8. The molecule has 11 nitrogen and oxygen atoms in total. The number of halogens is 2. The van der Waals surface area contributed by atoms with Crippen molar-refractivity contribution in [1.29, 1.82) is 0 Å². The largest absolute Gasteiger partial charge is 0.547 e. The summed E-state index contributed by atoms with van der Waals surface area (Å²) in [5.74, 6) is -7.63. The van der Waals surface area contributed by atoms with E-state index in [1.165, 1.54) is 18.2 Å². The summed E-state index contributed by atoms with van der Waals surface area (Å²) >= 11 is 0. The molecule has 188 valence electrons. The first kappa shape index (κ1) is 24.9. The van der Waals surface area contributed by atoms with Gasteiger partial charge in [0.2, 0.25) is 11.8 Å². The van der Waals surface area contributed by atoms with Crippen LogP contribution in [0.3, 0.4) is 0 Å². The van der Waals surface area contributed by atoms with Gasteiger partial charge in [0.15, 0.2) is 0 Å². The molecule has 0 saturated carbocycles. The Labute approximate surface area is 203 Å². The predicted octanol–water partition coefficient (Wildman–Crippen LogP) is 0.833. The molecule has 1 fully saturated rings. The lowest BCUT2D eigenvalue weighted by Crippen LogP contribution is -2.56. The number of carbonyl (C=O) groups is 4. The SMILES string of the molecule is CC(=O)N1CCN([C@H](C(=O)N[C@H]2Cc3cccc(C(=O)O)c3OB2O)c2c(F)cc(O)cc2F)C1=O. The quantitative estimate of drug-likeness (QED) is 0.438. The Morgan fingerprint density at radius 2 is 1.86 bits per heavy atom. The van der Waals surface area contributed by atoms with Crippen LogP contribution in [-0.4, -0.2) is 75.0 Å². The van der Waals surface area contributed by atoms with Crippen LogP contribution in [-0.2, 0) is 16.0 Å². The van der Waals surface area contributed by atoms with Gasteiger partial charge >= 0.3 is 19.1 Å². The molecule has 0 radical (unpaired) electrons. The van der Waals surface area contributed by atoms with Crippen molar-refractivity contribution >= 4 is 30.9 Å². The van der Waals surface area contributed by atoms with Crippen LogP contribution in [0.5, 0.6) is 11.5 Å². The van der Waals surface area contributed by atoms with E-state index < -0.39 is 65.9 Å². The fourth-order valence-corrected chi connectivity index (χ4v) is 4.32. The van der Waals surface area contributed by atoms with Crippen molar-refractivity contribution in [2.45, 2.75) is 25.3 Å². The zero-order valence-electron chi connectivity index (χ0n) is 18.8. The average Bonchev–Trinajstić information content (AvgIpc) is 3.17. The molecule has 0 spiro atoms. The first-order valence-electron chi connectivity index (χ1n) is 10.8. The number of nitrogens with zero attached hydrogens (tertiary/aromatic N) is 2. The highest BCUT2D eigenvalue weighted by Crippen LogP contribution is 2.34. The van der Waals surface area contributed by atoms with Gasteiger partial charge in [-0.25, -0.2) is 18.4 Å². The molecule has 0 unspecified atom stereocenters. The molecule has 2 atom stereocenters. The van der Waals surface area contributed by atoms with Gasteiger partial charge in [0.25, 0.3) is 0 Å². The molecule has 2 aliphatic heterocycles. The van der Waals surface area contributed by atoms with Crippen molar-refractivity contribution in [3.05, 3.63) is 58.7 Å². The lowest BCUT2D eigenvalue weighted by atomic mass is 9.72. The Bertz CT molecular complexity index is 1250. The maximum atomic E-state index is 14.8. The molecule has 14 heteroatoms. The number of carbonyl (C=O) groups excluding carboxylic acids is 3. The number of carboxylic acid groups (broad SMARTS) is 1. The number of nitrogens with one attached hydrogen (secondary N) is 1. The van der Waals surface area contributed by atoms with Crippen LogP contribution in [0.2, 0.25) is 0 Å². The second kappa shape index (κ2) is 9.45. The summed E-state index contributed by atoms with van der Waals surface area (Å²) in [4.78, 5) is 51.0. The number of urea groups is 1. The minimum absolute atomic E-state index is 0.0815. The smallest absolute Gasteiger partial charge is 0.534 e. The second-order valence-corrected chi connectivity index (χ2v) is 8.30. The van der Waals surface area contributed by atoms with E-state index in [1.807, 2.05) is 0 Å². The van der Waals surface area contributed by atoms with E-state index in [4.69, 9.17) is 4.65 Å². The number of aromatic hydroxyl groups is 1. The Balaban J connectivity index is 1.68. The van der Waals surface area contributed by atoms with Crippen LogP contribution in [0, 0.1) is 11.6 Å². The van der Waals surface area contributed by atoms with Crippen molar-refractivity contribution in [3.63, 3.8) is 0 Å². The van der Waals surface area contributed by atoms with Gasteiger partial charge in [-0.1, -0.05) is 12.1 Å². The summed E-state index contributed by atoms with van der Waals surface area (Å²) in [6.07, 6.45) is -0.0931. The Kier molecular flexibility index (Phi) is 6.54. The third-order valence-electron chi connectivity index (χ3n) is 6.00. The van der Waals surface area contributed by atoms with Gasteiger partial charge in [-0.3, -0.25) is 14.5 Å². The number of hydrogen-bond donors (Lipinski definition) is 4. The number of hydrogen-bond acceptors (Lipinski definition) is 7. The number of para-hydroxylation sites is 1. The molecule has 36 heavy (non-hydrogen) atoms. The van der Waals surface area contributed by atoms with E-state index in [0.29, 0.717) is 17.7 Å². The van der Waals surface area contributed by atoms with Crippen LogP contribution in [0.15, 0.2) is 30.3 Å². The molecule has 1 saturated heterocycles. The van der Waals surface area contributed by atoms with Crippen molar-refractivity contribution in [2.24, 2.45) is 0 Å². The normalized spacial score (nSPS) is 17.9. The summed E-state index contributed by atoms with van der Waals surface area (Å²) in [7, 11) is -1.72. The highest BCUT2D eigenvalue weighted by molar-refractivity contribution is 6.47. The number of benzene rings is 2. The molecule has 2 heterocycles. The number of phenolic OH excluding ortho intramolecular Hbond substituents is 1. The Morgan fingerprint density at radius 3 is 2.44 bits per heavy atom. The monoisotopic (exact) mass is 503 g/mol. The van der Waals surface area contributed by atoms with Gasteiger partial charge in [0, 0.05) is 32.1 Å². The molecule has 2 aromatic rings. The van der Waals surface area contributed by atoms with Gasteiger partial charge in [-0.05, 0) is 18.1 Å². The van der Waals surface area contributed by atoms with Gasteiger partial charge in [-0.15, -0.1) is 0 Å². The number of phenols is 1. The highest BCUT2D eigenvalue weighted by atomic mass is 19.1.